The Labute approximate surface area is 103 Å². The largest absolute Gasteiger partial charge is 0.497 e. The molecule has 2 unspecified atom stereocenters. The van der Waals surface area contributed by atoms with E-state index in [9.17, 15) is 0 Å². The molecule has 2 bridgehead atoms. The van der Waals surface area contributed by atoms with Gasteiger partial charge in [0.05, 0.1) is 7.11 Å². The third kappa shape index (κ3) is 2.12. The lowest BCUT2D eigenvalue weighted by atomic mass is 9.98. The minimum absolute atomic E-state index is 0.677. The molecule has 1 aromatic carbocycles. The van der Waals surface area contributed by atoms with Gasteiger partial charge in [0.2, 0.25) is 0 Å². The Morgan fingerprint density at radius 2 is 2.00 bits per heavy atom. The summed E-state index contributed by atoms with van der Waals surface area (Å²) < 4.78 is 5.21. The fourth-order valence-electron chi connectivity index (χ4n) is 3.04. The van der Waals surface area contributed by atoms with Gasteiger partial charge in [-0.2, -0.15) is 0 Å². The highest BCUT2D eigenvalue weighted by Crippen LogP contribution is 2.29. The molecule has 17 heavy (non-hydrogen) atoms. The van der Waals surface area contributed by atoms with Crippen molar-refractivity contribution in [3.63, 3.8) is 0 Å². The number of hydrogen-bond acceptors (Lipinski definition) is 3. The Morgan fingerprint density at radius 3 is 2.76 bits per heavy atom. The van der Waals surface area contributed by atoms with Crippen molar-refractivity contribution < 1.29 is 4.74 Å². The van der Waals surface area contributed by atoms with Crippen LogP contribution in [0.2, 0.25) is 0 Å². The van der Waals surface area contributed by atoms with E-state index in [1.807, 2.05) is 0 Å². The van der Waals surface area contributed by atoms with Gasteiger partial charge >= 0.3 is 0 Å². The highest BCUT2D eigenvalue weighted by atomic mass is 16.5. The van der Waals surface area contributed by atoms with Gasteiger partial charge in [-0.15, -0.1) is 0 Å². The van der Waals surface area contributed by atoms with Crippen molar-refractivity contribution in [2.45, 2.75) is 31.3 Å². The summed E-state index contributed by atoms with van der Waals surface area (Å²) in [6, 6.07) is 9.87. The van der Waals surface area contributed by atoms with Gasteiger partial charge in [0.25, 0.3) is 0 Å². The number of piperidine rings is 1. The van der Waals surface area contributed by atoms with Crippen molar-refractivity contribution in [2.24, 2.45) is 0 Å². The molecule has 3 aliphatic rings. The van der Waals surface area contributed by atoms with Crippen LogP contribution in [0.4, 0.5) is 5.69 Å². The summed E-state index contributed by atoms with van der Waals surface area (Å²) in [4.78, 5) is 2.56. The van der Waals surface area contributed by atoms with E-state index >= 15 is 0 Å². The van der Waals surface area contributed by atoms with Crippen LogP contribution in [0.25, 0.3) is 0 Å². The molecular formula is C14H20N2O. The molecule has 3 aliphatic heterocycles. The van der Waals surface area contributed by atoms with Crippen LogP contribution in [0.15, 0.2) is 24.3 Å². The summed E-state index contributed by atoms with van der Waals surface area (Å²) in [6.07, 6.45) is 3.92. The van der Waals surface area contributed by atoms with Crippen molar-refractivity contribution in [2.75, 3.05) is 25.1 Å². The molecule has 3 saturated heterocycles. The summed E-state index contributed by atoms with van der Waals surface area (Å²) in [6.45, 7) is 2.32. The summed E-state index contributed by atoms with van der Waals surface area (Å²) >= 11 is 0. The number of fused-ring (bicyclic) bond motifs is 4. The first-order valence-electron chi connectivity index (χ1n) is 6.51. The van der Waals surface area contributed by atoms with E-state index in [4.69, 9.17) is 4.74 Å². The van der Waals surface area contributed by atoms with Gasteiger partial charge in [-0.25, -0.2) is 0 Å². The fourth-order valence-corrected chi connectivity index (χ4v) is 3.04. The minimum atomic E-state index is 0.677. The number of ether oxygens (including phenoxy) is 1. The fraction of sp³-hybridized carbons (Fsp3) is 0.571. The van der Waals surface area contributed by atoms with Crippen molar-refractivity contribution in [3.8, 4) is 5.75 Å². The van der Waals surface area contributed by atoms with Crippen molar-refractivity contribution >= 4 is 5.69 Å². The summed E-state index contributed by atoms with van der Waals surface area (Å²) in [7, 11) is 1.72. The smallest absolute Gasteiger partial charge is 0.119 e. The topological polar surface area (TPSA) is 24.5 Å². The number of benzene rings is 1. The molecule has 3 nitrogen and oxygen atoms in total. The lowest BCUT2D eigenvalue weighted by molar-refractivity contribution is 0.413. The maximum Gasteiger partial charge on any atom is 0.119 e. The number of nitrogens with one attached hydrogen (secondary N) is 1. The van der Waals surface area contributed by atoms with Crippen LogP contribution in [0.3, 0.4) is 0 Å². The molecule has 1 N–H and O–H groups in total. The first-order chi connectivity index (χ1) is 8.36. The Bertz CT molecular complexity index is 372. The van der Waals surface area contributed by atoms with Crippen LogP contribution in [0.1, 0.15) is 19.3 Å². The molecule has 0 spiro atoms. The van der Waals surface area contributed by atoms with E-state index < -0.39 is 0 Å². The van der Waals surface area contributed by atoms with E-state index in [0.717, 1.165) is 18.3 Å². The molecule has 3 heteroatoms. The Morgan fingerprint density at radius 1 is 1.18 bits per heavy atom. The average Bonchev–Trinajstić information content (AvgIpc) is 2.74. The van der Waals surface area contributed by atoms with Crippen molar-refractivity contribution in [1.29, 1.82) is 0 Å². The van der Waals surface area contributed by atoms with Crippen molar-refractivity contribution in [3.05, 3.63) is 24.3 Å². The van der Waals surface area contributed by atoms with Gasteiger partial charge in [-0.05, 0) is 50.1 Å². The quantitative estimate of drug-likeness (QED) is 0.844. The second-order valence-electron chi connectivity index (χ2n) is 5.02. The number of hydrogen-bond donors (Lipinski definition) is 1. The third-order valence-electron chi connectivity index (χ3n) is 4.02. The van der Waals surface area contributed by atoms with E-state index in [0.29, 0.717) is 6.04 Å². The summed E-state index contributed by atoms with van der Waals surface area (Å²) in [5, 5.41) is 3.63. The SMILES string of the molecule is COc1ccc(N2CC3CCC2CCN3)cc1. The molecular weight excluding hydrogens is 212 g/mol. The monoisotopic (exact) mass is 232 g/mol. The van der Waals surface area contributed by atoms with E-state index in [2.05, 4.69) is 34.5 Å². The average molecular weight is 232 g/mol. The highest BCUT2D eigenvalue weighted by molar-refractivity contribution is 5.50. The zero-order chi connectivity index (χ0) is 11.7. The number of nitrogens with zero attached hydrogens (tertiary/aromatic N) is 1. The zero-order valence-corrected chi connectivity index (χ0v) is 10.4. The van der Waals surface area contributed by atoms with Crippen LogP contribution in [0, 0.1) is 0 Å². The van der Waals surface area contributed by atoms with Crippen LogP contribution >= 0.6 is 0 Å². The number of rotatable bonds is 2. The Hall–Kier alpha value is -1.22. The highest BCUT2D eigenvalue weighted by Gasteiger charge is 2.30. The van der Waals surface area contributed by atoms with Gasteiger partial charge in [0.1, 0.15) is 5.75 Å². The van der Waals surface area contributed by atoms with E-state index in [1.165, 1.54) is 31.5 Å². The van der Waals surface area contributed by atoms with E-state index in [1.54, 1.807) is 7.11 Å². The number of anilines is 1. The molecule has 3 fully saturated rings. The van der Waals surface area contributed by atoms with Crippen LogP contribution in [0.5, 0.6) is 5.75 Å². The molecule has 0 radical (unpaired) electrons. The van der Waals surface area contributed by atoms with Gasteiger partial charge in [0, 0.05) is 24.3 Å². The van der Waals surface area contributed by atoms with Gasteiger partial charge in [-0.3, -0.25) is 0 Å². The molecule has 1 aromatic rings. The normalized spacial score (nSPS) is 27.9. The maximum atomic E-state index is 5.21. The molecule has 0 aromatic heterocycles. The van der Waals surface area contributed by atoms with Gasteiger partial charge in [0.15, 0.2) is 0 Å². The van der Waals surface area contributed by atoms with Crippen LogP contribution in [-0.4, -0.2) is 32.3 Å². The van der Waals surface area contributed by atoms with Gasteiger partial charge in [-0.1, -0.05) is 0 Å². The molecule has 4 rings (SSSR count). The standard InChI is InChI=1S/C14H20N2O/c1-17-14-6-4-12(5-7-14)16-10-11-2-3-13(16)8-9-15-11/h4-7,11,13,15H,2-3,8-10H2,1H3. The summed E-state index contributed by atoms with van der Waals surface area (Å²) in [5.41, 5.74) is 1.34. The first kappa shape index (κ1) is 10.9. The molecule has 3 heterocycles. The zero-order valence-electron chi connectivity index (χ0n) is 10.4. The molecule has 2 atom stereocenters. The second kappa shape index (κ2) is 4.57. The number of methoxy groups -OCH3 is 1. The Balaban J connectivity index is 1.82. The second-order valence-corrected chi connectivity index (χ2v) is 5.02. The summed E-state index contributed by atoms with van der Waals surface area (Å²) in [5.74, 6) is 0.937. The third-order valence-corrected chi connectivity index (χ3v) is 4.02. The molecule has 92 valence electrons. The minimum Gasteiger partial charge on any atom is -0.497 e. The maximum absolute atomic E-state index is 5.21. The van der Waals surface area contributed by atoms with Crippen molar-refractivity contribution in [1.82, 2.24) is 5.32 Å². The predicted molar refractivity (Wildman–Crippen MR) is 69.8 cm³/mol. The lowest BCUT2D eigenvalue weighted by Crippen LogP contribution is -2.46. The lowest BCUT2D eigenvalue weighted by Gasteiger charge is -2.38. The molecule has 0 saturated carbocycles. The van der Waals surface area contributed by atoms with E-state index in [-0.39, 0.29) is 0 Å². The molecule has 0 amide bonds. The molecule has 0 aliphatic carbocycles. The van der Waals surface area contributed by atoms with Crippen LogP contribution in [-0.2, 0) is 0 Å². The Kier molecular flexibility index (Phi) is 2.93. The predicted octanol–water partition coefficient (Wildman–Crippen LogP) is 2.03. The first-order valence-corrected chi connectivity index (χ1v) is 6.51. The van der Waals surface area contributed by atoms with Crippen LogP contribution < -0.4 is 15.0 Å². The van der Waals surface area contributed by atoms with Gasteiger partial charge < -0.3 is 15.0 Å².